The Morgan fingerprint density at radius 2 is 1.93 bits per heavy atom. The highest BCUT2D eigenvalue weighted by Gasteiger charge is 2.30. The van der Waals surface area contributed by atoms with Gasteiger partial charge in [0.2, 0.25) is 0 Å². The molecule has 0 radical (unpaired) electrons. The van der Waals surface area contributed by atoms with Crippen LogP contribution in [0.2, 0.25) is 0 Å². The first-order valence-electron chi connectivity index (χ1n) is 8.10. The second-order valence-electron chi connectivity index (χ2n) is 6.33. The van der Waals surface area contributed by atoms with Crippen molar-refractivity contribution < 1.29 is 33.8 Å². The number of carboxylic acid groups (broad SMARTS) is 1. The summed E-state index contributed by atoms with van der Waals surface area (Å²) in [5, 5.41) is 19.3. The van der Waals surface area contributed by atoms with Crippen LogP contribution >= 0.6 is 0 Å². The Bertz CT molecular complexity index is 652. The van der Waals surface area contributed by atoms with Gasteiger partial charge in [-0.25, -0.2) is 9.78 Å². The van der Waals surface area contributed by atoms with Crippen molar-refractivity contribution in [3.63, 3.8) is 0 Å². The molecule has 1 heterocycles. The number of oxazole rings is 1. The molecule has 0 amide bonds. The number of aliphatic hydroxyl groups excluding tert-OH is 1. The molecule has 2 rings (SSSR count). The Balaban J connectivity index is 0.000000625. The maximum atomic E-state index is 11.7. The van der Waals surface area contributed by atoms with Crippen molar-refractivity contribution in [1.29, 1.82) is 0 Å². The molecule has 27 heavy (non-hydrogen) atoms. The highest BCUT2D eigenvalue weighted by Crippen LogP contribution is 2.13. The van der Waals surface area contributed by atoms with E-state index in [0.29, 0.717) is 0 Å². The lowest BCUT2D eigenvalue weighted by Crippen LogP contribution is -2.45. The van der Waals surface area contributed by atoms with Gasteiger partial charge < -0.3 is 24.2 Å². The first-order valence-corrected chi connectivity index (χ1v) is 8.10. The molecule has 0 saturated carbocycles. The first-order chi connectivity index (χ1) is 12.7. The molecule has 0 aliphatic carbocycles. The Morgan fingerprint density at radius 3 is 2.33 bits per heavy atom. The lowest BCUT2D eigenvalue weighted by atomic mass is 10.2. The van der Waals surface area contributed by atoms with E-state index in [1.165, 1.54) is 12.7 Å². The van der Waals surface area contributed by atoms with Crippen LogP contribution in [0.15, 0.2) is 53.6 Å². The monoisotopic (exact) mass is 380 g/mol. The number of aromatic nitrogens is 1. The average molecular weight is 380 g/mol. The summed E-state index contributed by atoms with van der Waals surface area (Å²) in [6, 6.07) is 7.48. The highest BCUT2D eigenvalue weighted by molar-refractivity contribution is 5.73. The Kier molecular flexibility index (Phi) is 8.97. The van der Waals surface area contributed by atoms with Gasteiger partial charge in [-0.1, -0.05) is 30.3 Å². The van der Waals surface area contributed by atoms with Crippen molar-refractivity contribution in [3.05, 3.63) is 54.7 Å². The van der Waals surface area contributed by atoms with E-state index in [-0.39, 0.29) is 6.54 Å². The van der Waals surface area contributed by atoms with E-state index < -0.39 is 30.4 Å². The van der Waals surface area contributed by atoms with Gasteiger partial charge in [0.15, 0.2) is 12.4 Å². The SMILES string of the molecule is CC(C)(C)OC(=O)ON(Cc1ccccc1)[C@@H](CO)C(=O)O.c1cocn1. The van der Waals surface area contributed by atoms with Crippen LogP contribution in [0.5, 0.6) is 0 Å². The lowest BCUT2D eigenvalue weighted by Gasteiger charge is -2.27. The van der Waals surface area contributed by atoms with Crippen LogP contribution in [0.4, 0.5) is 4.79 Å². The van der Waals surface area contributed by atoms with Gasteiger partial charge in [0.1, 0.15) is 11.9 Å². The van der Waals surface area contributed by atoms with Crippen LogP contribution in [0.25, 0.3) is 0 Å². The zero-order chi connectivity index (χ0) is 20.3. The molecule has 9 heteroatoms. The van der Waals surface area contributed by atoms with Gasteiger partial charge in [0, 0.05) is 0 Å². The van der Waals surface area contributed by atoms with Crippen molar-refractivity contribution in [2.24, 2.45) is 0 Å². The summed E-state index contributed by atoms with van der Waals surface area (Å²) in [5.41, 5.74) is -0.0428. The molecule has 2 aromatic rings. The standard InChI is InChI=1S/C15H21NO6.C3H3NO/c1-15(2,3)21-14(20)22-16(12(10-17)13(18)19)9-11-7-5-4-6-8-11;1-2-5-3-4-1/h4-8,12,17H,9-10H2,1-3H3,(H,18,19);1-3H/t12-;/m0./s1. The highest BCUT2D eigenvalue weighted by atomic mass is 16.8. The molecule has 1 atom stereocenters. The van der Waals surface area contributed by atoms with Crippen LogP contribution in [0.3, 0.4) is 0 Å². The van der Waals surface area contributed by atoms with Crippen molar-refractivity contribution >= 4 is 12.1 Å². The summed E-state index contributed by atoms with van der Waals surface area (Å²) in [7, 11) is 0. The predicted octanol–water partition coefficient (Wildman–Crippen LogP) is 2.48. The van der Waals surface area contributed by atoms with Gasteiger partial charge in [-0.15, -0.1) is 5.06 Å². The zero-order valence-electron chi connectivity index (χ0n) is 15.4. The van der Waals surface area contributed by atoms with E-state index in [1.54, 1.807) is 51.2 Å². The van der Waals surface area contributed by atoms with Crippen LogP contribution in [-0.2, 0) is 20.9 Å². The molecule has 0 aliphatic rings. The van der Waals surface area contributed by atoms with Crippen molar-refractivity contribution in [1.82, 2.24) is 10.0 Å². The van der Waals surface area contributed by atoms with E-state index in [0.717, 1.165) is 10.6 Å². The van der Waals surface area contributed by atoms with Crippen molar-refractivity contribution in [3.8, 4) is 0 Å². The van der Waals surface area contributed by atoms with Crippen LogP contribution in [-0.4, -0.2) is 50.6 Å². The lowest BCUT2D eigenvalue weighted by molar-refractivity contribution is -0.192. The molecule has 0 aliphatic heterocycles. The van der Waals surface area contributed by atoms with Crippen LogP contribution < -0.4 is 0 Å². The summed E-state index contributed by atoms with van der Waals surface area (Å²) >= 11 is 0. The molecule has 0 unspecified atom stereocenters. The third-order valence-electron chi connectivity index (χ3n) is 2.92. The molecule has 0 fully saturated rings. The number of aliphatic carboxylic acids is 1. The molecule has 0 spiro atoms. The summed E-state index contributed by atoms with van der Waals surface area (Å²) in [6.07, 6.45) is 3.45. The van der Waals surface area contributed by atoms with Crippen molar-refractivity contribution in [2.75, 3.05) is 6.61 Å². The number of hydrogen-bond acceptors (Lipinski definition) is 8. The number of carbonyl (C=O) groups is 2. The molecule has 9 nitrogen and oxygen atoms in total. The van der Waals surface area contributed by atoms with Gasteiger partial charge in [-0.3, -0.25) is 4.79 Å². The van der Waals surface area contributed by atoms with E-state index in [1.807, 2.05) is 6.07 Å². The van der Waals surface area contributed by atoms with Gasteiger partial charge in [-0.2, -0.15) is 0 Å². The number of benzene rings is 1. The van der Waals surface area contributed by atoms with Gasteiger partial charge in [-0.05, 0) is 26.3 Å². The number of hydrogen-bond donors (Lipinski definition) is 2. The number of aliphatic hydroxyl groups is 1. The Hall–Kier alpha value is -2.91. The fraction of sp³-hybridized carbons (Fsp3) is 0.389. The number of carbonyl (C=O) groups excluding carboxylic acids is 1. The second kappa shape index (κ2) is 10.9. The fourth-order valence-corrected chi connectivity index (χ4v) is 1.80. The summed E-state index contributed by atoms with van der Waals surface area (Å²) in [6.45, 7) is 4.30. The fourth-order valence-electron chi connectivity index (χ4n) is 1.80. The molecular formula is C18H24N2O7. The van der Waals surface area contributed by atoms with Crippen molar-refractivity contribution in [2.45, 2.75) is 39.0 Å². The van der Waals surface area contributed by atoms with Gasteiger partial charge in [0.25, 0.3) is 0 Å². The summed E-state index contributed by atoms with van der Waals surface area (Å²) < 4.78 is 9.48. The van der Waals surface area contributed by atoms with Crippen LogP contribution in [0, 0.1) is 0 Å². The maximum absolute atomic E-state index is 11.7. The van der Waals surface area contributed by atoms with Gasteiger partial charge >= 0.3 is 12.1 Å². The minimum Gasteiger partial charge on any atom is -0.480 e. The number of nitrogens with zero attached hydrogens (tertiary/aromatic N) is 2. The molecule has 1 aromatic heterocycles. The molecule has 2 N–H and O–H groups in total. The quantitative estimate of drug-likeness (QED) is 0.574. The number of carboxylic acids is 1. The molecule has 1 aromatic carbocycles. The maximum Gasteiger partial charge on any atom is 0.528 e. The molecule has 0 bridgehead atoms. The van der Waals surface area contributed by atoms with E-state index in [9.17, 15) is 14.7 Å². The number of ether oxygens (including phenoxy) is 1. The third kappa shape index (κ3) is 9.38. The molecule has 0 saturated heterocycles. The topological polar surface area (TPSA) is 122 Å². The van der Waals surface area contributed by atoms with Gasteiger partial charge in [0.05, 0.1) is 19.3 Å². The number of rotatable bonds is 6. The average Bonchev–Trinajstić information content (AvgIpc) is 3.14. The zero-order valence-corrected chi connectivity index (χ0v) is 15.4. The Morgan fingerprint density at radius 1 is 1.26 bits per heavy atom. The minimum absolute atomic E-state index is 0.0115. The molecule has 148 valence electrons. The largest absolute Gasteiger partial charge is 0.528 e. The van der Waals surface area contributed by atoms with E-state index in [4.69, 9.17) is 14.7 Å². The summed E-state index contributed by atoms with van der Waals surface area (Å²) in [5.74, 6) is -1.30. The normalized spacial score (nSPS) is 11.9. The Labute approximate surface area is 157 Å². The van der Waals surface area contributed by atoms with E-state index in [2.05, 4.69) is 9.40 Å². The minimum atomic E-state index is -1.38. The molecular weight excluding hydrogens is 356 g/mol. The smallest absolute Gasteiger partial charge is 0.480 e. The second-order valence-corrected chi connectivity index (χ2v) is 6.33. The van der Waals surface area contributed by atoms with Crippen LogP contribution in [0.1, 0.15) is 26.3 Å². The predicted molar refractivity (Wildman–Crippen MR) is 94.3 cm³/mol. The summed E-state index contributed by atoms with van der Waals surface area (Å²) in [4.78, 5) is 31.5. The first kappa shape index (κ1) is 22.1. The number of hydroxylamine groups is 2. The van der Waals surface area contributed by atoms with E-state index >= 15 is 0 Å². The third-order valence-corrected chi connectivity index (χ3v) is 2.92.